The van der Waals surface area contributed by atoms with Crippen molar-refractivity contribution >= 4 is 24.0 Å². The van der Waals surface area contributed by atoms with Crippen molar-refractivity contribution in [3.8, 4) is 5.69 Å². The van der Waals surface area contributed by atoms with Crippen LogP contribution in [0.2, 0.25) is 0 Å². The second-order valence-corrected chi connectivity index (χ2v) is 5.20. The van der Waals surface area contributed by atoms with Gasteiger partial charge >= 0.3 is 0 Å². The van der Waals surface area contributed by atoms with E-state index in [0.29, 0.717) is 11.5 Å². The van der Waals surface area contributed by atoms with E-state index in [1.165, 1.54) is 22.9 Å². The van der Waals surface area contributed by atoms with Crippen LogP contribution in [0.15, 0.2) is 18.2 Å². The topological polar surface area (TPSA) is 98.7 Å². The average molecular weight is 343 g/mol. The molecule has 1 heterocycles. The molecule has 0 aliphatic heterocycles. The van der Waals surface area contributed by atoms with E-state index in [-0.39, 0.29) is 29.9 Å². The Hall–Kier alpha value is -2.06. The maximum absolute atomic E-state index is 13.9. The quantitative estimate of drug-likeness (QED) is 0.863. The van der Waals surface area contributed by atoms with Gasteiger partial charge in [-0.3, -0.25) is 4.79 Å². The first-order valence-electron chi connectivity index (χ1n) is 7.05. The van der Waals surface area contributed by atoms with Gasteiger partial charge in [0.2, 0.25) is 5.91 Å². The van der Waals surface area contributed by atoms with Crippen molar-refractivity contribution in [3.05, 3.63) is 29.8 Å². The summed E-state index contributed by atoms with van der Waals surface area (Å²) in [5, 5.41) is 13.6. The van der Waals surface area contributed by atoms with Crippen LogP contribution < -0.4 is 11.1 Å². The van der Waals surface area contributed by atoms with Crippen molar-refractivity contribution in [2.45, 2.75) is 33.2 Å². The molecule has 7 nitrogen and oxygen atoms in total. The summed E-state index contributed by atoms with van der Waals surface area (Å²) in [6.45, 7) is 5.53. The summed E-state index contributed by atoms with van der Waals surface area (Å²) in [4.78, 5) is 12.1. The van der Waals surface area contributed by atoms with E-state index in [4.69, 9.17) is 5.73 Å². The lowest BCUT2D eigenvalue weighted by atomic mass is 9.99. The normalized spacial score (nSPS) is 13.1. The predicted octanol–water partition coefficient (Wildman–Crippen LogP) is 1.84. The summed E-state index contributed by atoms with van der Waals surface area (Å²) in [5.74, 6) is -0.291. The highest BCUT2D eigenvalue weighted by Gasteiger charge is 2.20. The van der Waals surface area contributed by atoms with E-state index in [2.05, 4.69) is 20.8 Å². The molecule has 0 saturated carbocycles. The van der Waals surface area contributed by atoms with Crippen LogP contribution in [-0.4, -0.2) is 32.2 Å². The number of nitrogens with zero attached hydrogens (tertiary/aromatic N) is 4. The van der Waals surface area contributed by atoms with Crippen molar-refractivity contribution < 1.29 is 9.18 Å². The number of carbonyl (C=O) groups excluding carboxylic acids is 1. The summed E-state index contributed by atoms with van der Waals surface area (Å²) >= 11 is 0. The Bertz CT molecular complexity index is 677. The van der Waals surface area contributed by atoms with E-state index in [9.17, 15) is 9.18 Å². The van der Waals surface area contributed by atoms with Gasteiger partial charge in [0.15, 0.2) is 5.82 Å². The van der Waals surface area contributed by atoms with Gasteiger partial charge in [0.05, 0.1) is 6.04 Å². The molecule has 2 rings (SSSR count). The largest absolute Gasteiger partial charge is 0.325 e. The Morgan fingerprint density at radius 1 is 1.48 bits per heavy atom. The first kappa shape index (κ1) is 19.0. The number of amides is 1. The second kappa shape index (κ2) is 7.98. The third-order valence-electron chi connectivity index (χ3n) is 3.63. The van der Waals surface area contributed by atoms with Gasteiger partial charge in [-0.1, -0.05) is 20.3 Å². The molecule has 1 aromatic heterocycles. The average Bonchev–Trinajstić information content (AvgIpc) is 2.93. The third kappa shape index (κ3) is 4.23. The number of aromatic nitrogens is 4. The number of carbonyl (C=O) groups is 1. The van der Waals surface area contributed by atoms with Gasteiger partial charge < -0.3 is 11.1 Å². The SMILES string of the molecule is CCC(C)C(N)C(=O)Nc1ccc(F)c(-n2nnnc2C)c1.Cl. The highest BCUT2D eigenvalue weighted by Crippen LogP contribution is 2.19. The molecule has 9 heteroatoms. The van der Waals surface area contributed by atoms with Crippen molar-refractivity contribution in [2.75, 3.05) is 5.32 Å². The maximum Gasteiger partial charge on any atom is 0.241 e. The number of nitrogens with two attached hydrogens (primary N) is 1. The Balaban J connectivity index is 0.00000264. The molecule has 0 saturated heterocycles. The molecule has 0 fully saturated rings. The molecule has 23 heavy (non-hydrogen) atoms. The Kier molecular flexibility index (Phi) is 6.59. The number of halogens is 2. The van der Waals surface area contributed by atoms with Crippen molar-refractivity contribution in [3.63, 3.8) is 0 Å². The fourth-order valence-corrected chi connectivity index (χ4v) is 1.94. The standard InChI is InChI=1S/C14H19FN6O.ClH/c1-4-8(2)13(16)14(22)17-10-5-6-11(15)12(7-10)21-9(3)18-19-20-21;/h5-8,13H,4,16H2,1-3H3,(H,17,22);1H. The Morgan fingerprint density at radius 2 is 2.17 bits per heavy atom. The second-order valence-electron chi connectivity index (χ2n) is 5.20. The smallest absolute Gasteiger partial charge is 0.241 e. The Labute approximate surface area is 139 Å². The van der Waals surface area contributed by atoms with E-state index in [0.717, 1.165) is 6.42 Å². The lowest BCUT2D eigenvalue weighted by Gasteiger charge is -2.18. The number of aryl methyl sites for hydroxylation is 1. The van der Waals surface area contributed by atoms with Crippen molar-refractivity contribution in [1.82, 2.24) is 20.2 Å². The molecule has 2 atom stereocenters. The van der Waals surface area contributed by atoms with E-state index in [1.54, 1.807) is 6.92 Å². The molecule has 0 aliphatic rings. The first-order chi connectivity index (χ1) is 10.4. The number of anilines is 1. The van der Waals surface area contributed by atoms with Crippen LogP contribution in [0.1, 0.15) is 26.1 Å². The molecule has 126 valence electrons. The van der Waals surface area contributed by atoms with E-state index >= 15 is 0 Å². The number of nitrogens with one attached hydrogen (secondary N) is 1. The highest BCUT2D eigenvalue weighted by molar-refractivity contribution is 5.95. The van der Waals surface area contributed by atoms with Gasteiger partial charge in [0.1, 0.15) is 11.5 Å². The first-order valence-corrected chi connectivity index (χ1v) is 7.05. The fraction of sp³-hybridized carbons (Fsp3) is 0.429. The summed E-state index contributed by atoms with van der Waals surface area (Å²) in [6, 6.07) is 3.58. The minimum absolute atomic E-state index is 0. The number of rotatable bonds is 5. The van der Waals surface area contributed by atoms with E-state index < -0.39 is 11.9 Å². The molecule has 1 amide bonds. The van der Waals surface area contributed by atoms with Gasteiger partial charge in [0, 0.05) is 5.69 Å². The van der Waals surface area contributed by atoms with Crippen molar-refractivity contribution in [2.24, 2.45) is 11.7 Å². The summed E-state index contributed by atoms with van der Waals surface area (Å²) in [7, 11) is 0. The van der Waals surface area contributed by atoms with Crippen LogP contribution >= 0.6 is 12.4 Å². The van der Waals surface area contributed by atoms with Crippen LogP contribution in [0.5, 0.6) is 0 Å². The third-order valence-corrected chi connectivity index (χ3v) is 3.63. The van der Waals surface area contributed by atoms with Gasteiger partial charge in [-0.25, -0.2) is 4.39 Å². The van der Waals surface area contributed by atoms with Gasteiger partial charge in [-0.15, -0.1) is 17.5 Å². The Morgan fingerprint density at radius 3 is 2.74 bits per heavy atom. The fourth-order valence-electron chi connectivity index (χ4n) is 1.94. The highest BCUT2D eigenvalue weighted by atomic mass is 35.5. The van der Waals surface area contributed by atoms with Gasteiger partial charge in [-0.2, -0.15) is 4.68 Å². The maximum atomic E-state index is 13.9. The summed E-state index contributed by atoms with van der Waals surface area (Å²) in [6.07, 6.45) is 0.799. The molecule has 0 bridgehead atoms. The lowest BCUT2D eigenvalue weighted by Crippen LogP contribution is -2.40. The number of benzene rings is 1. The lowest BCUT2D eigenvalue weighted by molar-refractivity contribution is -0.118. The molecular weight excluding hydrogens is 323 g/mol. The zero-order valence-corrected chi connectivity index (χ0v) is 14.0. The number of hydrogen-bond donors (Lipinski definition) is 2. The van der Waals surface area contributed by atoms with Gasteiger partial charge in [0.25, 0.3) is 0 Å². The predicted molar refractivity (Wildman–Crippen MR) is 87.2 cm³/mol. The zero-order valence-electron chi connectivity index (χ0n) is 13.2. The van der Waals surface area contributed by atoms with Crippen LogP contribution in [0, 0.1) is 18.7 Å². The molecule has 0 radical (unpaired) electrons. The molecule has 1 aromatic carbocycles. The van der Waals surface area contributed by atoms with Gasteiger partial charge in [-0.05, 0) is 41.5 Å². The van der Waals surface area contributed by atoms with Crippen molar-refractivity contribution in [1.29, 1.82) is 0 Å². The minimum atomic E-state index is -0.617. The molecule has 0 spiro atoms. The molecule has 2 unspecified atom stereocenters. The van der Waals surface area contributed by atoms with Crippen LogP contribution in [0.25, 0.3) is 5.69 Å². The summed E-state index contributed by atoms with van der Waals surface area (Å²) < 4.78 is 15.2. The molecule has 3 N–H and O–H groups in total. The van der Waals surface area contributed by atoms with Crippen LogP contribution in [-0.2, 0) is 4.79 Å². The number of tetrazole rings is 1. The van der Waals surface area contributed by atoms with Crippen LogP contribution in [0.4, 0.5) is 10.1 Å². The van der Waals surface area contributed by atoms with E-state index in [1.807, 2.05) is 13.8 Å². The molecular formula is C14H20ClFN6O. The minimum Gasteiger partial charge on any atom is -0.325 e. The number of hydrogen-bond acceptors (Lipinski definition) is 5. The molecule has 2 aromatic rings. The zero-order chi connectivity index (χ0) is 16.3. The monoisotopic (exact) mass is 342 g/mol. The summed E-state index contributed by atoms with van der Waals surface area (Å²) in [5.41, 5.74) is 6.49. The molecule has 0 aliphatic carbocycles. The van der Waals surface area contributed by atoms with Crippen LogP contribution in [0.3, 0.4) is 0 Å².